The number of nitrogens with one attached hydrogen (secondary N) is 2. The Balaban J connectivity index is 1.61. The minimum atomic E-state index is -4.54. The number of aromatic nitrogens is 1. The lowest BCUT2D eigenvalue weighted by Gasteiger charge is -2.36. The monoisotopic (exact) mass is 796 g/mol. The molecule has 4 atom stereocenters. The number of carbonyl (C=O) groups excluding carboxylic acids is 3. The van der Waals surface area contributed by atoms with E-state index in [0.717, 1.165) is 17.4 Å². The van der Waals surface area contributed by atoms with E-state index in [1.54, 1.807) is 19.1 Å². The topological polar surface area (TPSA) is 162 Å². The van der Waals surface area contributed by atoms with E-state index in [-0.39, 0.29) is 64.9 Å². The van der Waals surface area contributed by atoms with E-state index in [0.29, 0.717) is 11.3 Å². The van der Waals surface area contributed by atoms with Crippen LogP contribution in [0, 0.1) is 11.3 Å². The highest BCUT2D eigenvalue weighted by molar-refractivity contribution is 7.89. The lowest BCUT2D eigenvalue weighted by Crippen LogP contribution is -2.55. The van der Waals surface area contributed by atoms with E-state index in [1.165, 1.54) is 54.5 Å². The number of nitriles is 1. The van der Waals surface area contributed by atoms with Crippen molar-refractivity contribution in [2.45, 2.75) is 74.8 Å². The molecule has 0 aliphatic carbocycles. The fourth-order valence-electron chi connectivity index (χ4n) is 6.09. The van der Waals surface area contributed by atoms with Crippen LogP contribution in [-0.4, -0.2) is 90.9 Å². The number of halogens is 5. The van der Waals surface area contributed by atoms with E-state index in [4.69, 9.17) is 27.9 Å². The fourth-order valence-corrected chi connectivity index (χ4v) is 8.00. The predicted molar refractivity (Wildman–Crippen MR) is 191 cm³/mol. The van der Waals surface area contributed by atoms with E-state index in [1.807, 2.05) is 6.07 Å². The van der Waals surface area contributed by atoms with Gasteiger partial charge in [0, 0.05) is 37.6 Å². The first-order valence-electron chi connectivity index (χ1n) is 16.4. The first kappa shape index (κ1) is 41.5. The second kappa shape index (κ2) is 17.7. The van der Waals surface area contributed by atoms with Crippen molar-refractivity contribution in [2.75, 3.05) is 25.5 Å². The lowest BCUT2D eigenvalue weighted by molar-refractivity contribution is -0.181. The normalized spacial score (nSPS) is 16.7. The quantitative estimate of drug-likeness (QED) is 0.198. The Morgan fingerprint density at radius 3 is 2.40 bits per heavy atom. The summed E-state index contributed by atoms with van der Waals surface area (Å²) >= 11 is 12.2. The van der Waals surface area contributed by atoms with Crippen molar-refractivity contribution in [3.8, 4) is 6.07 Å². The average molecular weight is 798 g/mol. The van der Waals surface area contributed by atoms with Crippen molar-refractivity contribution >= 4 is 56.7 Å². The van der Waals surface area contributed by atoms with Gasteiger partial charge in [-0.2, -0.15) is 22.7 Å². The van der Waals surface area contributed by atoms with Crippen molar-refractivity contribution in [3.63, 3.8) is 0 Å². The highest BCUT2D eigenvalue weighted by atomic mass is 35.5. The number of anilines is 1. The van der Waals surface area contributed by atoms with Gasteiger partial charge in [-0.05, 0) is 75.5 Å². The number of rotatable bonds is 14. The first-order valence-corrected chi connectivity index (χ1v) is 18.6. The van der Waals surface area contributed by atoms with Gasteiger partial charge in [-0.15, -0.1) is 0 Å². The third-order valence-electron chi connectivity index (χ3n) is 8.80. The van der Waals surface area contributed by atoms with Crippen molar-refractivity contribution < 1.29 is 40.7 Å². The van der Waals surface area contributed by atoms with Gasteiger partial charge in [0.2, 0.25) is 15.9 Å². The van der Waals surface area contributed by atoms with Crippen molar-refractivity contribution in [1.82, 2.24) is 19.5 Å². The van der Waals surface area contributed by atoms with Crippen LogP contribution in [0.25, 0.3) is 0 Å². The smallest absolute Gasteiger partial charge is 0.404 e. The highest BCUT2D eigenvalue weighted by Gasteiger charge is 2.48. The van der Waals surface area contributed by atoms with Crippen molar-refractivity contribution in [2.24, 2.45) is 0 Å². The number of nitrogens with zero attached hydrogens (tertiary/aromatic N) is 4. The third-order valence-corrected chi connectivity index (χ3v) is 11.2. The number of alkyl halides is 3. The number of benzene rings is 2. The molecule has 2 heterocycles. The SMILES string of the molecule is CCOC(=O)[C@H](Cc1ccc(NC(=O)c2c(Cl)cncc2Cl)cc1)NC(=O)C(C[C@H](C)N1CCCC1C(F)(F)F)N(C)S(=O)(=O)c1cccc(C#N)c1. The number of ether oxygens (including phenoxy) is 1. The van der Waals surface area contributed by atoms with Crippen LogP contribution in [0.15, 0.2) is 65.8 Å². The number of likely N-dealkylation sites (N-methyl/N-ethyl adjacent to an activating group) is 1. The van der Waals surface area contributed by atoms with Crippen LogP contribution >= 0.6 is 23.2 Å². The maximum Gasteiger partial charge on any atom is 0.404 e. The standard InChI is InChI=1S/C35H37Cl2F3N6O6S/c1-4-52-34(49)28(17-22-10-12-24(13-11-22)43-33(48)31-26(36)19-42-20-27(31)37)44-32(47)29(15-21(2)46-14-6-9-30(46)35(38,39)40)45(3)53(50,51)25-8-5-7-23(16-25)18-41/h5,7-8,10-13,16,19-21,28-30H,4,6,9,14-15,17H2,1-3H3,(H,43,48)(H,44,47)/t21-,28-,29?,30?/m0/s1. The molecule has 1 aromatic heterocycles. The molecule has 1 aliphatic rings. The van der Waals surface area contributed by atoms with Gasteiger partial charge >= 0.3 is 12.1 Å². The molecule has 1 saturated heterocycles. The molecule has 0 saturated carbocycles. The van der Waals surface area contributed by atoms with Gasteiger partial charge in [-0.3, -0.25) is 19.5 Å². The molecule has 1 aliphatic heterocycles. The number of sulfonamides is 1. The second-order valence-corrected chi connectivity index (χ2v) is 15.2. The summed E-state index contributed by atoms with van der Waals surface area (Å²) in [5.74, 6) is -2.38. The van der Waals surface area contributed by atoms with Gasteiger partial charge < -0.3 is 15.4 Å². The van der Waals surface area contributed by atoms with Gasteiger partial charge in [0.25, 0.3) is 5.91 Å². The van der Waals surface area contributed by atoms with Crippen LogP contribution in [0.1, 0.15) is 54.6 Å². The van der Waals surface area contributed by atoms with E-state index < -0.39 is 58.2 Å². The summed E-state index contributed by atoms with van der Waals surface area (Å²) in [5.41, 5.74) is 0.909. The molecule has 2 unspecified atom stereocenters. The van der Waals surface area contributed by atoms with Crippen LogP contribution < -0.4 is 10.6 Å². The van der Waals surface area contributed by atoms with Gasteiger partial charge in [0.05, 0.1) is 38.7 Å². The Labute approximate surface area is 315 Å². The molecular formula is C35H37Cl2F3N6O6S. The molecule has 3 aromatic rings. The molecule has 0 spiro atoms. The molecule has 2 aromatic carbocycles. The Morgan fingerprint density at radius 1 is 1.13 bits per heavy atom. The molecule has 2 amide bonds. The Bertz CT molecular complexity index is 1940. The molecular weight excluding hydrogens is 760 g/mol. The summed E-state index contributed by atoms with van der Waals surface area (Å²) in [6, 6.07) is 7.57. The lowest BCUT2D eigenvalue weighted by atomic mass is 10.0. The molecule has 53 heavy (non-hydrogen) atoms. The van der Waals surface area contributed by atoms with Gasteiger partial charge in [-0.1, -0.05) is 41.4 Å². The number of hydrogen-bond acceptors (Lipinski definition) is 9. The van der Waals surface area contributed by atoms with Crippen LogP contribution in [0.3, 0.4) is 0 Å². The number of esters is 1. The van der Waals surface area contributed by atoms with E-state index in [2.05, 4.69) is 15.6 Å². The summed E-state index contributed by atoms with van der Waals surface area (Å²) in [5, 5.41) is 14.7. The Hall–Kier alpha value is -4.27. The van der Waals surface area contributed by atoms with E-state index in [9.17, 15) is 41.2 Å². The molecule has 284 valence electrons. The number of amides is 2. The van der Waals surface area contributed by atoms with Crippen LogP contribution in [-0.2, 0) is 30.8 Å². The molecule has 18 heteroatoms. The highest BCUT2D eigenvalue weighted by Crippen LogP contribution is 2.35. The Kier molecular flexibility index (Phi) is 13.9. The number of pyridine rings is 1. The average Bonchev–Trinajstić information content (AvgIpc) is 3.62. The first-order chi connectivity index (χ1) is 25.0. The van der Waals surface area contributed by atoms with Gasteiger partial charge in [-0.25, -0.2) is 13.2 Å². The van der Waals surface area contributed by atoms with Gasteiger partial charge in [0.1, 0.15) is 18.1 Å². The van der Waals surface area contributed by atoms with Crippen molar-refractivity contribution in [3.05, 3.63) is 87.7 Å². The van der Waals surface area contributed by atoms with Crippen LogP contribution in [0.2, 0.25) is 10.0 Å². The summed E-state index contributed by atoms with van der Waals surface area (Å²) in [6.45, 7) is 3.09. The molecule has 0 bridgehead atoms. The maximum absolute atomic E-state index is 14.1. The van der Waals surface area contributed by atoms with Crippen LogP contribution in [0.4, 0.5) is 18.9 Å². The molecule has 4 rings (SSSR count). The van der Waals surface area contributed by atoms with Crippen LogP contribution in [0.5, 0.6) is 0 Å². The summed E-state index contributed by atoms with van der Waals surface area (Å²) in [7, 11) is -3.36. The largest absolute Gasteiger partial charge is 0.464 e. The molecule has 1 fully saturated rings. The number of likely N-dealkylation sites (tertiary alicyclic amines) is 1. The summed E-state index contributed by atoms with van der Waals surface area (Å²) in [4.78, 5) is 44.8. The zero-order chi connectivity index (χ0) is 39.1. The zero-order valence-electron chi connectivity index (χ0n) is 28.9. The molecule has 2 N–H and O–H groups in total. The van der Waals surface area contributed by atoms with Gasteiger partial charge in [0.15, 0.2) is 0 Å². The third kappa shape index (κ3) is 10.2. The van der Waals surface area contributed by atoms with E-state index >= 15 is 0 Å². The second-order valence-electron chi connectivity index (χ2n) is 12.3. The zero-order valence-corrected chi connectivity index (χ0v) is 31.2. The molecule has 0 radical (unpaired) electrons. The maximum atomic E-state index is 14.1. The molecule has 12 nitrogen and oxygen atoms in total. The number of carbonyl (C=O) groups is 3. The summed E-state index contributed by atoms with van der Waals surface area (Å²) in [6.07, 6.45) is -2.37. The number of hydrogen-bond donors (Lipinski definition) is 2. The predicted octanol–water partition coefficient (Wildman–Crippen LogP) is 5.60. The minimum Gasteiger partial charge on any atom is -0.464 e. The fraction of sp³-hybridized carbons (Fsp3) is 0.400. The van der Waals surface area contributed by atoms with Crippen molar-refractivity contribution in [1.29, 1.82) is 5.26 Å². The Morgan fingerprint density at radius 2 is 1.79 bits per heavy atom. The minimum absolute atomic E-state index is 0.0183. The summed E-state index contributed by atoms with van der Waals surface area (Å²) < 4.78 is 75.3.